The van der Waals surface area contributed by atoms with Crippen molar-refractivity contribution in [1.82, 2.24) is 9.88 Å². The number of halogens is 1. The van der Waals surface area contributed by atoms with Crippen molar-refractivity contribution < 1.29 is 14.3 Å². The Labute approximate surface area is 110 Å². The van der Waals surface area contributed by atoms with Crippen LogP contribution in [-0.2, 0) is 6.54 Å². The summed E-state index contributed by atoms with van der Waals surface area (Å²) in [6.07, 6.45) is 0. The molecule has 0 saturated carbocycles. The number of pyridine rings is 1. The van der Waals surface area contributed by atoms with E-state index in [1.54, 1.807) is 31.3 Å². The number of benzene rings is 1. The van der Waals surface area contributed by atoms with Crippen molar-refractivity contribution in [3.05, 3.63) is 59.7 Å². The summed E-state index contributed by atoms with van der Waals surface area (Å²) < 4.78 is 13.0. The van der Waals surface area contributed by atoms with Crippen LogP contribution in [0.1, 0.15) is 16.1 Å². The molecule has 0 radical (unpaired) electrons. The predicted octanol–water partition coefficient (Wildman–Crippen LogP) is 2.20. The second-order valence-electron chi connectivity index (χ2n) is 4.17. The van der Waals surface area contributed by atoms with Crippen LogP contribution >= 0.6 is 0 Å². The van der Waals surface area contributed by atoms with Crippen molar-refractivity contribution in [2.45, 2.75) is 6.54 Å². The van der Waals surface area contributed by atoms with E-state index >= 15 is 0 Å². The lowest BCUT2D eigenvalue weighted by molar-refractivity contribution is 0.0778. The largest absolute Gasteiger partial charge is 0.508 e. The van der Waals surface area contributed by atoms with Gasteiger partial charge in [-0.1, -0.05) is 18.2 Å². The van der Waals surface area contributed by atoms with Crippen LogP contribution in [0.5, 0.6) is 5.75 Å². The van der Waals surface area contributed by atoms with Gasteiger partial charge in [0.1, 0.15) is 11.4 Å². The number of aromatic nitrogens is 1. The van der Waals surface area contributed by atoms with Gasteiger partial charge in [0, 0.05) is 13.6 Å². The van der Waals surface area contributed by atoms with Gasteiger partial charge in [0.05, 0.1) is 0 Å². The average molecular weight is 260 g/mol. The Kier molecular flexibility index (Phi) is 3.75. The Morgan fingerprint density at radius 2 is 1.95 bits per heavy atom. The Balaban J connectivity index is 2.09. The van der Waals surface area contributed by atoms with E-state index in [2.05, 4.69) is 4.98 Å². The highest BCUT2D eigenvalue weighted by Crippen LogP contribution is 2.12. The molecule has 1 aromatic carbocycles. The number of nitrogens with zero attached hydrogens (tertiary/aromatic N) is 2. The maximum atomic E-state index is 13.0. The van der Waals surface area contributed by atoms with E-state index in [4.69, 9.17) is 0 Å². The number of phenols is 1. The Bertz CT molecular complexity index is 584. The van der Waals surface area contributed by atoms with Gasteiger partial charge in [-0.05, 0) is 29.8 Å². The number of phenolic OH excluding ortho intramolecular Hbond substituents is 1. The van der Waals surface area contributed by atoms with E-state index < -0.39 is 5.95 Å². The first kappa shape index (κ1) is 13.0. The summed E-state index contributed by atoms with van der Waals surface area (Å²) in [4.78, 5) is 17.0. The third-order valence-electron chi connectivity index (χ3n) is 2.64. The molecule has 0 aliphatic rings. The lowest BCUT2D eigenvalue weighted by Gasteiger charge is -2.16. The fourth-order valence-electron chi connectivity index (χ4n) is 1.67. The molecule has 0 spiro atoms. The highest BCUT2D eigenvalue weighted by Gasteiger charge is 2.13. The fraction of sp³-hybridized carbons (Fsp3) is 0.143. The Morgan fingerprint density at radius 3 is 2.58 bits per heavy atom. The minimum absolute atomic E-state index is 0.0706. The van der Waals surface area contributed by atoms with Gasteiger partial charge in [-0.15, -0.1) is 0 Å². The molecule has 1 aromatic heterocycles. The molecule has 1 amide bonds. The molecule has 1 heterocycles. The van der Waals surface area contributed by atoms with E-state index in [9.17, 15) is 14.3 Å². The van der Waals surface area contributed by atoms with Crippen LogP contribution < -0.4 is 0 Å². The van der Waals surface area contributed by atoms with Crippen molar-refractivity contribution in [3.8, 4) is 5.75 Å². The predicted molar refractivity (Wildman–Crippen MR) is 68.1 cm³/mol. The third-order valence-corrected chi connectivity index (χ3v) is 2.64. The van der Waals surface area contributed by atoms with Gasteiger partial charge in [0.2, 0.25) is 5.95 Å². The first-order valence-corrected chi connectivity index (χ1v) is 5.72. The van der Waals surface area contributed by atoms with Crippen molar-refractivity contribution in [1.29, 1.82) is 0 Å². The van der Waals surface area contributed by atoms with Crippen LogP contribution in [0.3, 0.4) is 0 Å². The Hall–Kier alpha value is -2.43. The number of hydrogen-bond donors (Lipinski definition) is 1. The monoisotopic (exact) mass is 260 g/mol. The van der Waals surface area contributed by atoms with Gasteiger partial charge < -0.3 is 10.0 Å². The molecular formula is C14H13FN2O2. The molecule has 98 valence electrons. The molecule has 0 unspecified atom stereocenters. The van der Waals surface area contributed by atoms with Gasteiger partial charge >= 0.3 is 0 Å². The third kappa shape index (κ3) is 3.28. The summed E-state index contributed by atoms with van der Waals surface area (Å²) in [6.45, 7) is 0.358. The van der Waals surface area contributed by atoms with Gasteiger partial charge in [0.25, 0.3) is 5.91 Å². The molecule has 4 nitrogen and oxygen atoms in total. The van der Waals surface area contributed by atoms with Crippen molar-refractivity contribution >= 4 is 5.91 Å². The molecule has 0 bridgehead atoms. The first-order valence-electron chi connectivity index (χ1n) is 5.72. The van der Waals surface area contributed by atoms with E-state index in [-0.39, 0.29) is 17.4 Å². The van der Waals surface area contributed by atoms with Gasteiger partial charge in [-0.3, -0.25) is 4.79 Å². The van der Waals surface area contributed by atoms with Crippen LogP contribution in [0.2, 0.25) is 0 Å². The highest BCUT2D eigenvalue weighted by atomic mass is 19.1. The summed E-state index contributed by atoms with van der Waals surface area (Å²) >= 11 is 0. The summed E-state index contributed by atoms with van der Waals surface area (Å²) in [6, 6.07) is 10.7. The van der Waals surface area contributed by atoms with Crippen LogP contribution in [0, 0.1) is 5.95 Å². The zero-order valence-electron chi connectivity index (χ0n) is 10.4. The molecule has 0 fully saturated rings. The first-order chi connectivity index (χ1) is 9.06. The maximum Gasteiger partial charge on any atom is 0.272 e. The van der Waals surface area contributed by atoms with Crippen molar-refractivity contribution in [2.24, 2.45) is 0 Å². The second kappa shape index (κ2) is 5.48. The van der Waals surface area contributed by atoms with E-state index in [0.717, 1.165) is 5.56 Å². The molecule has 0 saturated heterocycles. The molecule has 5 heteroatoms. The number of amides is 1. The molecule has 0 aliphatic carbocycles. The van der Waals surface area contributed by atoms with Crippen LogP contribution in [0.15, 0.2) is 42.5 Å². The zero-order chi connectivity index (χ0) is 13.8. The lowest BCUT2D eigenvalue weighted by atomic mass is 10.2. The smallest absolute Gasteiger partial charge is 0.272 e. The molecule has 1 N–H and O–H groups in total. The average Bonchev–Trinajstić information content (AvgIpc) is 2.40. The molecule has 19 heavy (non-hydrogen) atoms. The molecule has 0 atom stereocenters. The zero-order valence-corrected chi connectivity index (χ0v) is 10.4. The van der Waals surface area contributed by atoms with Crippen LogP contribution in [0.25, 0.3) is 0 Å². The van der Waals surface area contributed by atoms with Crippen LogP contribution in [0.4, 0.5) is 4.39 Å². The Morgan fingerprint density at radius 1 is 1.26 bits per heavy atom. The molecule has 2 aromatic rings. The molecule has 2 rings (SSSR count). The summed E-state index contributed by atoms with van der Waals surface area (Å²) in [5, 5.41) is 9.18. The summed E-state index contributed by atoms with van der Waals surface area (Å²) in [5.74, 6) is -0.860. The SMILES string of the molecule is CN(Cc1ccc(O)cc1)C(=O)c1cccc(F)n1. The van der Waals surface area contributed by atoms with Gasteiger partial charge in [-0.2, -0.15) is 4.39 Å². The quantitative estimate of drug-likeness (QED) is 0.861. The van der Waals surface area contributed by atoms with Crippen LogP contribution in [-0.4, -0.2) is 27.9 Å². The van der Waals surface area contributed by atoms with Gasteiger partial charge in [-0.25, -0.2) is 4.98 Å². The number of rotatable bonds is 3. The lowest BCUT2D eigenvalue weighted by Crippen LogP contribution is -2.27. The fourth-order valence-corrected chi connectivity index (χ4v) is 1.67. The number of carbonyl (C=O) groups is 1. The number of hydrogen-bond acceptors (Lipinski definition) is 3. The topological polar surface area (TPSA) is 53.4 Å². The normalized spacial score (nSPS) is 10.2. The van der Waals surface area contributed by atoms with E-state index in [1.807, 2.05) is 0 Å². The highest BCUT2D eigenvalue weighted by molar-refractivity contribution is 5.92. The molecular weight excluding hydrogens is 247 g/mol. The maximum absolute atomic E-state index is 13.0. The standard InChI is InChI=1S/C14H13FN2O2/c1-17(9-10-5-7-11(18)8-6-10)14(19)12-3-2-4-13(15)16-12/h2-8,18H,9H2,1H3. The van der Waals surface area contributed by atoms with E-state index in [1.165, 1.54) is 23.1 Å². The summed E-state index contributed by atoms with van der Waals surface area (Å²) in [5.41, 5.74) is 0.936. The van der Waals surface area contributed by atoms with Gasteiger partial charge in [0.15, 0.2) is 0 Å². The van der Waals surface area contributed by atoms with Crippen molar-refractivity contribution in [2.75, 3.05) is 7.05 Å². The molecule has 0 aliphatic heterocycles. The number of carbonyl (C=O) groups excluding carboxylic acids is 1. The minimum atomic E-state index is -0.677. The number of aromatic hydroxyl groups is 1. The second-order valence-corrected chi connectivity index (χ2v) is 4.17. The van der Waals surface area contributed by atoms with E-state index in [0.29, 0.717) is 6.54 Å². The van der Waals surface area contributed by atoms with Crippen molar-refractivity contribution in [3.63, 3.8) is 0 Å². The summed E-state index contributed by atoms with van der Waals surface area (Å²) in [7, 11) is 1.61. The minimum Gasteiger partial charge on any atom is -0.508 e.